The van der Waals surface area contributed by atoms with Crippen LogP contribution < -0.4 is 10.2 Å². The molecule has 8 heteroatoms. The molecule has 1 aliphatic heterocycles. The molecule has 2 fully saturated rings. The van der Waals surface area contributed by atoms with Crippen molar-refractivity contribution in [3.8, 4) is 0 Å². The van der Waals surface area contributed by atoms with Gasteiger partial charge in [0.1, 0.15) is 0 Å². The van der Waals surface area contributed by atoms with Crippen molar-refractivity contribution >= 4 is 22.8 Å². The fourth-order valence-corrected chi connectivity index (χ4v) is 4.53. The largest absolute Gasteiger partial charge is 0.359 e. The summed E-state index contributed by atoms with van der Waals surface area (Å²) in [5, 5.41) is 18.1. The highest BCUT2D eigenvalue weighted by Gasteiger charge is 2.58. The molecule has 3 aromatic rings. The van der Waals surface area contributed by atoms with E-state index < -0.39 is 0 Å². The summed E-state index contributed by atoms with van der Waals surface area (Å²) in [6.07, 6.45) is 2.55. The Kier molecular flexibility index (Phi) is 4.42. The van der Waals surface area contributed by atoms with Gasteiger partial charge in [0.2, 0.25) is 16.9 Å². The van der Waals surface area contributed by atoms with E-state index in [1.54, 1.807) is 18.2 Å². The molecule has 1 aromatic heterocycles. The van der Waals surface area contributed by atoms with Crippen LogP contribution in [0.3, 0.4) is 0 Å². The lowest BCUT2D eigenvalue weighted by Gasteiger charge is -2.33. The van der Waals surface area contributed by atoms with Gasteiger partial charge in [-0.3, -0.25) is 14.2 Å². The minimum absolute atomic E-state index is 0.0295. The van der Waals surface area contributed by atoms with E-state index in [0.717, 1.165) is 24.8 Å². The first kappa shape index (κ1) is 18.6. The molecule has 1 saturated carbocycles. The quantitative estimate of drug-likeness (QED) is 0.668. The lowest BCUT2D eigenvalue weighted by atomic mass is 9.90. The maximum atomic E-state index is 12.9. The average molecular weight is 406 g/mol. The second kappa shape index (κ2) is 7.12. The Bertz CT molecular complexity index is 1100. The number of benzene rings is 2. The second-order valence-electron chi connectivity index (χ2n) is 8.25. The van der Waals surface area contributed by atoms with Crippen LogP contribution in [0.2, 0.25) is 0 Å². The molecule has 1 atom stereocenters. The van der Waals surface area contributed by atoms with Gasteiger partial charge in [-0.2, -0.15) is 0 Å². The van der Waals surface area contributed by atoms with Crippen LogP contribution >= 0.6 is 0 Å². The van der Waals surface area contributed by atoms with Gasteiger partial charge in [-0.1, -0.05) is 30.3 Å². The van der Waals surface area contributed by atoms with Crippen LogP contribution in [0.15, 0.2) is 53.2 Å². The SMILES string of the molecule is O=C(NCc1ccccc1)[C@H]1CC12CCN(C(=O)c1ccc3c(c1)no[n+]3[O-])CC2. The van der Waals surface area contributed by atoms with Crippen molar-refractivity contribution in [1.82, 2.24) is 15.4 Å². The third-order valence-electron chi connectivity index (χ3n) is 6.49. The van der Waals surface area contributed by atoms with Crippen LogP contribution in [-0.4, -0.2) is 35.0 Å². The normalized spacial score (nSPS) is 19.7. The van der Waals surface area contributed by atoms with Crippen LogP contribution in [0, 0.1) is 16.5 Å². The van der Waals surface area contributed by atoms with Gasteiger partial charge in [0.25, 0.3) is 5.91 Å². The van der Waals surface area contributed by atoms with Crippen LogP contribution in [0.25, 0.3) is 11.0 Å². The first-order chi connectivity index (χ1) is 14.6. The molecule has 2 amide bonds. The van der Waals surface area contributed by atoms with E-state index in [1.807, 2.05) is 35.2 Å². The van der Waals surface area contributed by atoms with Crippen LogP contribution in [0.4, 0.5) is 0 Å². The van der Waals surface area contributed by atoms with Crippen molar-refractivity contribution in [1.29, 1.82) is 0 Å². The summed E-state index contributed by atoms with van der Waals surface area (Å²) in [7, 11) is 0. The van der Waals surface area contributed by atoms with Gasteiger partial charge < -0.3 is 15.4 Å². The molecular formula is C22H22N4O4. The first-order valence-electron chi connectivity index (χ1n) is 10.2. The molecular weight excluding hydrogens is 384 g/mol. The Morgan fingerprint density at radius 2 is 1.97 bits per heavy atom. The summed E-state index contributed by atoms with van der Waals surface area (Å²) in [6.45, 7) is 1.80. The number of piperidine rings is 1. The van der Waals surface area contributed by atoms with Crippen LogP contribution in [-0.2, 0) is 11.3 Å². The number of carbonyl (C=O) groups excluding carboxylic acids is 2. The third kappa shape index (κ3) is 3.28. The number of aromatic nitrogens is 2. The summed E-state index contributed by atoms with van der Waals surface area (Å²) >= 11 is 0. The number of amides is 2. The van der Waals surface area contributed by atoms with Crippen molar-refractivity contribution in [3.05, 3.63) is 64.9 Å². The maximum absolute atomic E-state index is 12.9. The van der Waals surface area contributed by atoms with Gasteiger partial charge in [0.05, 0.1) is 0 Å². The van der Waals surface area contributed by atoms with E-state index in [-0.39, 0.29) is 23.1 Å². The molecule has 2 aliphatic rings. The molecule has 0 bridgehead atoms. The smallest absolute Gasteiger partial charge is 0.254 e. The minimum Gasteiger partial charge on any atom is -0.359 e. The van der Waals surface area contributed by atoms with Crippen LogP contribution in [0.5, 0.6) is 0 Å². The predicted octanol–water partition coefficient (Wildman–Crippen LogP) is 2.02. The zero-order valence-corrected chi connectivity index (χ0v) is 16.4. The van der Waals surface area contributed by atoms with Gasteiger partial charge in [-0.05, 0) is 47.3 Å². The van der Waals surface area contributed by atoms with Gasteiger partial charge in [0.15, 0.2) is 0 Å². The van der Waals surface area contributed by atoms with Crippen molar-refractivity contribution in [3.63, 3.8) is 0 Å². The highest BCUT2D eigenvalue weighted by atomic mass is 16.8. The average Bonchev–Trinajstić information content (AvgIpc) is 3.36. The highest BCUT2D eigenvalue weighted by molar-refractivity contribution is 5.97. The number of likely N-dealkylation sites (tertiary alicyclic amines) is 1. The standard InChI is InChI=1S/C22H22N4O4/c27-20(23-14-15-4-2-1-3-5-15)17-13-22(17)8-10-25(11-9-22)21(28)16-6-7-19-18(12-16)24-30-26(19)29/h1-7,12,17H,8-11,13-14H2,(H,23,27)/t17-/m1/s1. The van der Waals surface area contributed by atoms with E-state index in [0.29, 0.717) is 41.1 Å². The van der Waals surface area contributed by atoms with Crippen molar-refractivity contribution in [2.75, 3.05) is 13.1 Å². The highest BCUT2D eigenvalue weighted by Crippen LogP contribution is 2.59. The monoisotopic (exact) mass is 406 g/mol. The van der Waals surface area contributed by atoms with Gasteiger partial charge in [-0.15, -0.1) is 0 Å². The summed E-state index contributed by atoms with van der Waals surface area (Å²) in [6, 6.07) is 14.6. The predicted molar refractivity (Wildman–Crippen MR) is 107 cm³/mol. The maximum Gasteiger partial charge on any atom is 0.254 e. The van der Waals surface area contributed by atoms with Gasteiger partial charge in [0, 0.05) is 42.3 Å². The molecule has 2 heterocycles. The van der Waals surface area contributed by atoms with Crippen LogP contribution in [0.1, 0.15) is 35.2 Å². The molecule has 0 unspecified atom stereocenters. The summed E-state index contributed by atoms with van der Waals surface area (Å²) in [5.41, 5.74) is 2.27. The number of nitrogens with one attached hydrogen (secondary N) is 1. The fourth-order valence-electron chi connectivity index (χ4n) is 4.53. The van der Waals surface area contributed by atoms with E-state index in [1.165, 1.54) is 0 Å². The van der Waals surface area contributed by atoms with Crippen molar-refractivity contribution < 1.29 is 19.1 Å². The molecule has 30 heavy (non-hydrogen) atoms. The number of hydrogen-bond acceptors (Lipinski definition) is 5. The number of nitrogens with zero attached hydrogens (tertiary/aromatic N) is 3. The Morgan fingerprint density at radius 3 is 2.73 bits per heavy atom. The molecule has 2 aromatic carbocycles. The topological polar surface area (TPSA) is 102 Å². The van der Waals surface area contributed by atoms with Crippen molar-refractivity contribution in [2.24, 2.45) is 11.3 Å². The lowest BCUT2D eigenvalue weighted by molar-refractivity contribution is -0.782. The minimum atomic E-state index is -0.0853. The van der Waals surface area contributed by atoms with E-state index in [4.69, 9.17) is 0 Å². The number of hydrogen-bond donors (Lipinski definition) is 1. The molecule has 1 saturated heterocycles. The Labute approximate surface area is 173 Å². The lowest BCUT2D eigenvalue weighted by Crippen LogP contribution is -2.40. The Balaban J connectivity index is 1.17. The van der Waals surface area contributed by atoms with Gasteiger partial charge >= 0.3 is 0 Å². The Hall–Kier alpha value is -3.42. The molecule has 5 rings (SSSR count). The summed E-state index contributed by atoms with van der Waals surface area (Å²) in [5.74, 6) is 0.0661. The summed E-state index contributed by atoms with van der Waals surface area (Å²) < 4.78 is 4.56. The number of carbonyl (C=O) groups is 2. The fraction of sp³-hybridized carbons (Fsp3) is 0.364. The van der Waals surface area contributed by atoms with E-state index in [9.17, 15) is 14.8 Å². The second-order valence-corrected chi connectivity index (χ2v) is 8.25. The molecule has 154 valence electrons. The molecule has 1 spiro atoms. The number of fused-ring (bicyclic) bond motifs is 1. The van der Waals surface area contributed by atoms with Crippen molar-refractivity contribution in [2.45, 2.75) is 25.8 Å². The van der Waals surface area contributed by atoms with E-state index >= 15 is 0 Å². The first-order valence-corrected chi connectivity index (χ1v) is 10.2. The van der Waals surface area contributed by atoms with Gasteiger partial charge in [-0.25, -0.2) is 0 Å². The zero-order valence-electron chi connectivity index (χ0n) is 16.4. The molecule has 1 aliphatic carbocycles. The summed E-state index contributed by atoms with van der Waals surface area (Å²) in [4.78, 5) is 27.6. The zero-order chi connectivity index (χ0) is 20.7. The molecule has 0 radical (unpaired) electrons. The molecule has 8 nitrogen and oxygen atoms in total. The third-order valence-corrected chi connectivity index (χ3v) is 6.49. The Morgan fingerprint density at radius 1 is 1.20 bits per heavy atom. The molecule has 1 N–H and O–H groups in total. The number of rotatable bonds is 4. The van der Waals surface area contributed by atoms with E-state index in [2.05, 4.69) is 15.1 Å².